The Labute approximate surface area is 186 Å². The Morgan fingerprint density at radius 2 is 2.00 bits per heavy atom. The lowest BCUT2D eigenvalue weighted by atomic mass is 9.93. The van der Waals surface area contributed by atoms with E-state index in [4.69, 9.17) is 14.5 Å². The molecule has 5 rings (SSSR count). The van der Waals surface area contributed by atoms with Gasteiger partial charge in [0.25, 0.3) is 0 Å². The van der Waals surface area contributed by atoms with Gasteiger partial charge in [0.15, 0.2) is 0 Å². The van der Waals surface area contributed by atoms with Gasteiger partial charge in [-0.25, -0.2) is 14.8 Å². The minimum atomic E-state index is -0.344. The Hall–Kier alpha value is -2.97. The summed E-state index contributed by atoms with van der Waals surface area (Å²) in [5.74, 6) is 1.10. The molecule has 0 bridgehead atoms. The third-order valence-electron chi connectivity index (χ3n) is 6.55. The maximum atomic E-state index is 12.0. The maximum Gasteiger partial charge on any atom is 0.337 e. The smallest absolute Gasteiger partial charge is 0.337 e. The van der Waals surface area contributed by atoms with Crippen molar-refractivity contribution in [1.29, 1.82) is 0 Å². The quantitative estimate of drug-likeness (QED) is 0.594. The van der Waals surface area contributed by atoms with Gasteiger partial charge in [-0.2, -0.15) is 0 Å². The molecule has 0 radical (unpaired) electrons. The Morgan fingerprint density at radius 1 is 1.19 bits per heavy atom. The molecule has 1 unspecified atom stereocenters. The maximum absolute atomic E-state index is 12.0. The summed E-state index contributed by atoms with van der Waals surface area (Å²) in [7, 11) is 1.40. The number of ether oxygens (including phenoxy) is 2. The summed E-state index contributed by atoms with van der Waals surface area (Å²) in [5, 5.41) is 9.69. The van der Waals surface area contributed by atoms with Crippen LogP contribution in [0.15, 0.2) is 36.4 Å². The predicted molar refractivity (Wildman–Crippen MR) is 119 cm³/mol. The van der Waals surface area contributed by atoms with Crippen LogP contribution in [0.25, 0.3) is 11.0 Å². The number of carbonyl (C=O) groups is 1. The van der Waals surface area contributed by atoms with E-state index in [1.807, 2.05) is 24.3 Å². The Kier molecular flexibility index (Phi) is 5.80. The van der Waals surface area contributed by atoms with Crippen molar-refractivity contribution in [2.24, 2.45) is 0 Å². The number of imidazole rings is 1. The minimum absolute atomic E-state index is 0.0863. The summed E-state index contributed by atoms with van der Waals surface area (Å²) in [6.07, 6.45) is 3.22. The molecule has 0 saturated carbocycles. The summed E-state index contributed by atoms with van der Waals surface area (Å²) in [5.41, 5.74) is 3.32. The normalized spacial score (nSPS) is 19.7. The zero-order chi connectivity index (χ0) is 22.1. The fourth-order valence-corrected chi connectivity index (χ4v) is 4.63. The first-order valence-corrected chi connectivity index (χ1v) is 11.2. The molecule has 3 aromatic rings. The Balaban J connectivity index is 1.35. The van der Waals surface area contributed by atoms with Crippen LogP contribution in [0.1, 0.15) is 47.1 Å². The predicted octanol–water partition coefficient (Wildman–Crippen LogP) is 3.09. The van der Waals surface area contributed by atoms with Crippen LogP contribution in [0.2, 0.25) is 0 Å². The second-order valence-electron chi connectivity index (χ2n) is 8.59. The van der Waals surface area contributed by atoms with Gasteiger partial charge in [-0.3, -0.25) is 4.90 Å². The molecule has 0 aliphatic carbocycles. The molecule has 2 saturated heterocycles. The molecule has 32 heavy (non-hydrogen) atoms. The van der Waals surface area contributed by atoms with Gasteiger partial charge in [0.2, 0.25) is 5.88 Å². The molecule has 1 N–H and O–H groups in total. The van der Waals surface area contributed by atoms with Gasteiger partial charge in [0, 0.05) is 24.3 Å². The molecule has 2 aliphatic heterocycles. The number of esters is 1. The number of aromatic hydroxyl groups is 1. The van der Waals surface area contributed by atoms with E-state index in [2.05, 4.69) is 14.5 Å². The molecular formula is C24H28N4O4. The number of methoxy groups -OCH3 is 1. The van der Waals surface area contributed by atoms with E-state index in [9.17, 15) is 9.90 Å². The Bertz CT molecular complexity index is 1120. The van der Waals surface area contributed by atoms with Crippen LogP contribution in [0, 0.1) is 0 Å². The molecule has 0 amide bonds. The SMILES string of the molecule is COC(=O)c1ccc2nc(CN3CCC(c4cccc(O)n4)CC3)n(CC3CCO3)c2c1. The van der Waals surface area contributed by atoms with Gasteiger partial charge in [0.1, 0.15) is 5.82 Å². The molecule has 2 aromatic heterocycles. The highest BCUT2D eigenvalue weighted by molar-refractivity contribution is 5.93. The molecular weight excluding hydrogens is 408 g/mol. The number of rotatable bonds is 6. The van der Waals surface area contributed by atoms with Gasteiger partial charge in [-0.1, -0.05) is 6.07 Å². The van der Waals surface area contributed by atoms with Crippen molar-refractivity contribution in [1.82, 2.24) is 19.4 Å². The van der Waals surface area contributed by atoms with E-state index in [-0.39, 0.29) is 18.0 Å². The molecule has 168 valence electrons. The minimum Gasteiger partial charge on any atom is -0.493 e. The summed E-state index contributed by atoms with van der Waals surface area (Å²) >= 11 is 0. The zero-order valence-corrected chi connectivity index (χ0v) is 18.2. The van der Waals surface area contributed by atoms with E-state index < -0.39 is 0 Å². The van der Waals surface area contributed by atoms with Crippen LogP contribution in [0.3, 0.4) is 0 Å². The van der Waals surface area contributed by atoms with Gasteiger partial charge in [0.05, 0.1) is 42.9 Å². The molecule has 2 fully saturated rings. The summed E-state index contributed by atoms with van der Waals surface area (Å²) in [6.45, 7) is 4.17. The molecule has 2 aliphatic rings. The fraction of sp³-hybridized carbons (Fsp3) is 0.458. The highest BCUT2D eigenvalue weighted by atomic mass is 16.5. The fourth-order valence-electron chi connectivity index (χ4n) is 4.63. The monoisotopic (exact) mass is 436 g/mol. The molecule has 1 aromatic carbocycles. The van der Waals surface area contributed by atoms with Gasteiger partial charge >= 0.3 is 5.97 Å². The van der Waals surface area contributed by atoms with Crippen LogP contribution in [-0.4, -0.2) is 63.4 Å². The van der Waals surface area contributed by atoms with Gasteiger partial charge in [-0.05, 0) is 56.6 Å². The number of pyridine rings is 1. The zero-order valence-electron chi connectivity index (χ0n) is 18.2. The second kappa shape index (κ2) is 8.88. The number of carbonyl (C=O) groups excluding carboxylic acids is 1. The van der Waals surface area contributed by atoms with Gasteiger partial charge in [-0.15, -0.1) is 0 Å². The first kappa shape index (κ1) is 20.9. The van der Waals surface area contributed by atoms with Crippen molar-refractivity contribution in [3.63, 3.8) is 0 Å². The van der Waals surface area contributed by atoms with Crippen molar-refractivity contribution in [2.75, 3.05) is 26.8 Å². The van der Waals surface area contributed by atoms with E-state index in [0.29, 0.717) is 11.5 Å². The highest BCUT2D eigenvalue weighted by Crippen LogP contribution is 2.29. The first-order chi connectivity index (χ1) is 15.6. The van der Waals surface area contributed by atoms with Crippen LogP contribution in [0.5, 0.6) is 5.88 Å². The number of benzene rings is 1. The van der Waals surface area contributed by atoms with E-state index in [1.54, 1.807) is 12.1 Å². The highest BCUT2D eigenvalue weighted by Gasteiger charge is 2.26. The van der Waals surface area contributed by atoms with Crippen LogP contribution in [0.4, 0.5) is 0 Å². The lowest BCUT2D eigenvalue weighted by Crippen LogP contribution is -2.35. The van der Waals surface area contributed by atoms with Crippen molar-refractivity contribution in [3.05, 3.63) is 53.5 Å². The van der Waals surface area contributed by atoms with Crippen molar-refractivity contribution >= 4 is 17.0 Å². The summed E-state index contributed by atoms with van der Waals surface area (Å²) in [4.78, 5) is 23.7. The Morgan fingerprint density at radius 3 is 2.69 bits per heavy atom. The average molecular weight is 437 g/mol. The van der Waals surface area contributed by atoms with Gasteiger partial charge < -0.3 is 19.1 Å². The van der Waals surface area contributed by atoms with Crippen LogP contribution in [-0.2, 0) is 22.6 Å². The molecule has 8 heteroatoms. The lowest BCUT2D eigenvalue weighted by Gasteiger charge is -2.32. The van der Waals surface area contributed by atoms with Crippen LogP contribution < -0.4 is 0 Å². The van der Waals surface area contributed by atoms with E-state index >= 15 is 0 Å². The summed E-state index contributed by atoms with van der Waals surface area (Å²) < 4.78 is 12.8. The third-order valence-corrected chi connectivity index (χ3v) is 6.55. The second-order valence-corrected chi connectivity index (χ2v) is 8.59. The van der Waals surface area contributed by atoms with E-state index in [0.717, 1.165) is 74.6 Å². The number of hydrogen-bond acceptors (Lipinski definition) is 7. The molecule has 0 spiro atoms. The van der Waals surface area contributed by atoms with Crippen molar-refractivity contribution in [3.8, 4) is 5.88 Å². The number of aromatic nitrogens is 3. The van der Waals surface area contributed by atoms with Crippen molar-refractivity contribution in [2.45, 2.75) is 44.4 Å². The molecule has 1 atom stereocenters. The number of hydrogen-bond donors (Lipinski definition) is 1. The molecule has 8 nitrogen and oxygen atoms in total. The van der Waals surface area contributed by atoms with E-state index in [1.165, 1.54) is 7.11 Å². The summed E-state index contributed by atoms with van der Waals surface area (Å²) in [6, 6.07) is 11.0. The first-order valence-electron chi connectivity index (χ1n) is 11.2. The topological polar surface area (TPSA) is 89.7 Å². The number of piperidine rings is 1. The number of likely N-dealkylation sites (tertiary alicyclic amines) is 1. The standard InChI is InChI=1S/C24H28N4O4/c1-31-24(30)17-5-6-20-21(13-17)28(14-18-9-12-32-18)22(25-20)15-27-10-7-16(8-11-27)19-3-2-4-23(29)26-19/h2-6,13,16,18H,7-12,14-15H2,1H3,(H,26,29). The lowest BCUT2D eigenvalue weighted by molar-refractivity contribution is -0.0592. The largest absolute Gasteiger partial charge is 0.493 e. The molecule has 4 heterocycles. The third kappa shape index (κ3) is 4.20. The number of nitrogens with zero attached hydrogens (tertiary/aromatic N) is 4. The average Bonchev–Trinajstić information content (AvgIpc) is 3.12. The van der Waals surface area contributed by atoms with Crippen molar-refractivity contribution < 1.29 is 19.4 Å². The number of fused-ring (bicyclic) bond motifs is 1. The van der Waals surface area contributed by atoms with Crippen LogP contribution >= 0.6 is 0 Å².